The molecule has 1 aromatic carbocycles. The number of hydrogen-bond donors (Lipinski definition) is 3. The molecule has 1 aliphatic rings. The van der Waals surface area contributed by atoms with Gasteiger partial charge in [-0.15, -0.1) is 0 Å². The molecule has 0 fully saturated rings. The molecule has 0 aliphatic heterocycles. The van der Waals surface area contributed by atoms with Gasteiger partial charge in [-0.25, -0.2) is 15.0 Å². The quantitative estimate of drug-likeness (QED) is 0.615. The lowest BCUT2D eigenvalue weighted by molar-refractivity contribution is -0.120. The van der Waals surface area contributed by atoms with E-state index in [-0.39, 0.29) is 18.5 Å². The minimum absolute atomic E-state index is 0.0258. The second-order valence-corrected chi connectivity index (χ2v) is 6.63. The third kappa shape index (κ3) is 3.05. The van der Waals surface area contributed by atoms with Crippen molar-refractivity contribution in [3.63, 3.8) is 0 Å². The number of benzene rings is 1. The molecule has 0 saturated heterocycles. The van der Waals surface area contributed by atoms with Crippen LogP contribution >= 0.6 is 0 Å². The Labute approximate surface area is 150 Å². The summed E-state index contributed by atoms with van der Waals surface area (Å²) >= 11 is 0. The molecule has 2 heterocycles. The number of anilines is 2. The maximum Gasteiger partial charge on any atom is 0.240 e. The number of nitrogen functional groups attached to an aromatic ring is 1. The van der Waals surface area contributed by atoms with E-state index in [1.807, 2.05) is 25.2 Å². The third-order valence-corrected chi connectivity index (χ3v) is 4.76. The normalized spacial score (nSPS) is 16.3. The van der Waals surface area contributed by atoms with Gasteiger partial charge in [0.05, 0.1) is 18.9 Å². The molecule has 2 aromatic heterocycles. The first-order chi connectivity index (χ1) is 12.6. The molecule has 1 unspecified atom stereocenters. The predicted octanol–water partition coefficient (Wildman–Crippen LogP) is 1.57. The van der Waals surface area contributed by atoms with Crippen LogP contribution in [-0.2, 0) is 11.2 Å². The highest BCUT2D eigenvalue weighted by Crippen LogP contribution is 2.31. The highest BCUT2D eigenvalue weighted by Gasteiger charge is 2.23. The number of carbonyl (C=O) groups excluding carboxylic acids is 1. The summed E-state index contributed by atoms with van der Waals surface area (Å²) in [5.74, 6) is 0.605. The number of aryl methyl sites for hydroxylation is 1. The van der Waals surface area contributed by atoms with Crippen LogP contribution in [0.3, 0.4) is 0 Å². The Morgan fingerprint density at radius 3 is 3.15 bits per heavy atom. The highest BCUT2D eigenvalue weighted by atomic mass is 16.2. The second-order valence-electron chi connectivity index (χ2n) is 6.63. The number of aromatic amines is 1. The number of aromatic nitrogens is 4. The summed E-state index contributed by atoms with van der Waals surface area (Å²) in [6, 6.07) is 5.95. The number of fused-ring (bicyclic) bond motifs is 2. The van der Waals surface area contributed by atoms with Crippen LogP contribution in [0.25, 0.3) is 11.2 Å². The van der Waals surface area contributed by atoms with E-state index in [0.29, 0.717) is 11.5 Å². The van der Waals surface area contributed by atoms with Gasteiger partial charge in [-0.2, -0.15) is 0 Å². The number of hydrogen-bond acceptors (Lipinski definition) is 6. The van der Waals surface area contributed by atoms with E-state index in [9.17, 15) is 4.79 Å². The number of carbonyl (C=O) groups is 1. The molecule has 1 amide bonds. The summed E-state index contributed by atoms with van der Waals surface area (Å²) in [6.45, 7) is 0.200. The molecule has 4 N–H and O–H groups in total. The topological polar surface area (TPSA) is 113 Å². The lowest BCUT2D eigenvalue weighted by Crippen LogP contribution is -2.38. The SMILES string of the molecule is CN(CC(=O)NC1CCCc2cc(N)ccc21)c1ncnc2nc[nH]c12. The van der Waals surface area contributed by atoms with Crippen LogP contribution < -0.4 is 16.0 Å². The predicted molar refractivity (Wildman–Crippen MR) is 99.6 cm³/mol. The van der Waals surface area contributed by atoms with Crippen molar-refractivity contribution in [1.82, 2.24) is 25.3 Å². The third-order valence-electron chi connectivity index (χ3n) is 4.76. The first-order valence-corrected chi connectivity index (χ1v) is 8.64. The molecule has 0 radical (unpaired) electrons. The molecular weight excluding hydrogens is 330 g/mol. The summed E-state index contributed by atoms with van der Waals surface area (Å²) < 4.78 is 0. The Morgan fingerprint density at radius 1 is 1.38 bits per heavy atom. The second kappa shape index (κ2) is 6.62. The van der Waals surface area contributed by atoms with Crippen molar-refractivity contribution in [3.05, 3.63) is 42.0 Å². The van der Waals surface area contributed by atoms with Crippen LogP contribution in [0.5, 0.6) is 0 Å². The van der Waals surface area contributed by atoms with Crippen LogP contribution in [0.2, 0.25) is 0 Å². The molecule has 1 aliphatic carbocycles. The van der Waals surface area contributed by atoms with Gasteiger partial charge < -0.3 is 20.9 Å². The number of H-pyrrole nitrogens is 1. The van der Waals surface area contributed by atoms with Crippen molar-refractivity contribution >= 4 is 28.6 Å². The van der Waals surface area contributed by atoms with Crippen molar-refractivity contribution in [1.29, 1.82) is 0 Å². The summed E-state index contributed by atoms with van der Waals surface area (Å²) in [6.07, 6.45) is 6.00. The van der Waals surface area contributed by atoms with E-state index < -0.39 is 0 Å². The highest BCUT2D eigenvalue weighted by molar-refractivity contribution is 5.87. The van der Waals surface area contributed by atoms with Crippen molar-refractivity contribution < 1.29 is 4.79 Å². The molecule has 26 heavy (non-hydrogen) atoms. The van der Waals surface area contributed by atoms with E-state index in [2.05, 4.69) is 25.3 Å². The van der Waals surface area contributed by atoms with E-state index in [1.165, 1.54) is 17.5 Å². The van der Waals surface area contributed by atoms with E-state index in [0.717, 1.165) is 30.5 Å². The molecule has 0 spiro atoms. The number of imidazole rings is 1. The van der Waals surface area contributed by atoms with Crippen molar-refractivity contribution in [2.75, 3.05) is 24.2 Å². The Hall–Kier alpha value is -3.16. The molecule has 8 nitrogen and oxygen atoms in total. The summed E-state index contributed by atoms with van der Waals surface area (Å²) in [5.41, 5.74) is 10.3. The minimum Gasteiger partial charge on any atom is -0.399 e. The molecule has 3 aromatic rings. The molecule has 1 atom stereocenters. The molecule has 8 heteroatoms. The zero-order chi connectivity index (χ0) is 18.1. The first-order valence-electron chi connectivity index (χ1n) is 8.64. The van der Waals surface area contributed by atoms with Gasteiger partial charge >= 0.3 is 0 Å². The lowest BCUT2D eigenvalue weighted by Gasteiger charge is -2.27. The van der Waals surface area contributed by atoms with Gasteiger partial charge in [-0.1, -0.05) is 6.07 Å². The Morgan fingerprint density at radius 2 is 2.27 bits per heavy atom. The molecular formula is C18H21N7O. The number of nitrogens with two attached hydrogens (primary N) is 1. The minimum atomic E-state index is -0.0477. The fourth-order valence-electron chi connectivity index (χ4n) is 3.56. The smallest absolute Gasteiger partial charge is 0.240 e. The molecule has 0 bridgehead atoms. The average Bonchev–Trinajstić information content (AvgIpc) is 3.10. The number of amides is 1. The monoisotopic (exact) mass is 351 g/mol. The lowest BCUT2D eigenvalue weighted by atomic mass is 9.87. The Bertz CT molecular complexity index is 952. The summed E-state index contributed by atoms with van der Waals surface area (Å²) in [5, 5.41) is 3.15. The van der Waals surface area contributed by atoms with Crippen LogP contribution in [0.15, 0.2) is 30.9 Å². The molecule has 0 saturated carbocycles. The van der Waals surface area contributed by atoms with Crippen LogP contribution in [0, 0.1) is 0 Å². The fraction of sp³-hybridized carbons (Fsp3) is 0.333. The zero-order valence-corrected chi connectivity index (χ0v) is 14.6. The van der Waals surface area contributed by atoms with Gasteiger partial charge in [0.2, 0.25) is 5.91 Å². The van der Waals surface area contributed by atoms with Crippen molar-refractivity contribution in [2.45, 2.75) is 25.3 Å². The summed E-state index contributed by atoms with van der Waals surface area (Å²) in [4.78, 5) is 29.9. The maximum atomic E-state index is 12.6. The first kappa shape index (κ1) is 16.3. The van der Waals surface area contributed by atoms with E-state index in [4.69, 9.17) is 5.73 Å². The van der Waals surface area contributed by atoms with Crippen LogP contribution in [0.4, 0.5) is 11.5 Å². The van der Waals surface area contributed by atoms with E-state index in [1.54, 1.807) is 11.2 Å². The molecule has 4 rings (SSSR count). The van der Waals surface area contributed by atoms with Gasteiger partial charge in [0.15, 0.2) is 11.5 Å². The van der Waals surface area contributed by atoms with Gasteiger partial charge in [0, 0.05) is 12.7 Å². The van der Waals surface area contributed by atoms with Gasteiger partial charge in [-0.3, -0.25) is 4.79 Å². The summed E-state index contributed by atoms with van der Waals surface area (Å²) in [7, 11) is 1.83. The number of likely N-dealkylation sites (N-methyl/N-ethyl adjacent to an activating group) is 1. The fourth-order valence-corrected chi connectivity index (χ4v) is 3.56. The van der Waals surface area contributed by atoms with Gasteiger partial charge in [-0.05, 0) is 42.5 Å². The number of nitrogens with zero attached hydrogens (tertiary/aromatic N) is 4. The van der Waals surface area contributed by atoms with Gasteiger partial charge in [0.25, 0.3) is 0 Å². The Balaban J connectivity index is 1.47. The van der Waals surface area contributed by atoms with Crippen molar-refractivity contribution in [2.24, 2.45) is 0 Å². The van der Waals surface area contributed by atoms with Gasteiger partial charge in [0.1, 0.15) is 11.8 Å². The maximum absolute atomic E-state index is 12.6. The average molecular weight is 351 g/mol. The van der Waals surface area contributed by atoms with Crippen LogP contribution in [-0.4, -0.2) is 39.4 Å². The number of nitrogens with one attached hydrogen (secondary N) is 2. The van der Waals surface area contributed by atoms with Crippen LogP contribution in [0.1, 0.15) is 30.0 Å². The zero-order valence-electron chi connectivity index (χ0n) is 14.6. The van der Waals surface area contributed by atoms with E-state index >= 15 is 0 Å². The molecule has 134 valence electrons. The standard InChI is InChI=1S/C18H21N7O/c1-25(18-16-17(21-9-20-16)22-10-23-18)8-15(26)24-14-4-2-3-11-7-12(19)5-6-13(11)14/h5-7,9-10,14H,2-4,8,19H2,1H3,(H,24,26)(H,20,21,22,23). The Kier molecular flexibility index (Phi) is 4.16. The number of rotatable bonds is 4. The largest absolute Gasteiger partial charge is 0.399 e. The van der Waals surface area contributed by atoms with Crippen molar-refractivity contribution in [3.8, 4) is 0 Å².